The number of rotatable bonds is 4. The van der Waals surface area contributed by atoms with Crippen LogP contribution in [-0.2, 0) is 6.54 Å². The second-order valence-corrected chi connectivity index (χ2v) is 7.19. The predicted molar refractivity (Wildman–Crippen MR) is 89.8 cm³/mol. The van der Waals surface area contributed by atoms with E-state index >= 15 is 0 Å². The van der Waals surface area contributed by atoms with Gasteiger partial charge in [0.2, 0.25) is 0 Å². The molecule has 0 aliphatic carbocycles. The van der Waals surface area contributed by atoms with E-state index < -0.39 is 0 Å². The third kappa shape index (κ3) is 4.68. The lowest BCUT2D eigenvalue weighted by molar-refractivity contribution is 0.128. The number of pyridine rings is 1. The fraction of sp³-hybridized carbons (Fsp3) is 0.706. The van der Waals surface area contributed by atoms with E-state index in [1.165, 1.54) is 5.69 Å². The van der Waals surface area contributed by atoms with E-state index in [0.29, 0.717) is 6.04 Å². The molecule has 4 heteroatoms. The number of aromatic nitrogens is 1. The van der Waals surface area contributed by atoms with Gasteiger partial charge < -0.3 is 10.2 Å². The van der Waals surface area contributed by atoms with Crippen molar-refractivity contribution in [2.45, 2.75) is 52.7 Å². The lowest BCUT2D eigenvalue weighted by Gasteiger charge is -2.43. The summed E-state index contributed by atoms with van der Waals surface area (Å²) in [6, 6.07) is 4.85. The fourth-order valence-corrected chi connectivity index (χ4v) is 2.70. The Balaban J connectivity index is 1.95. The summed E-state index contributed by atoms with van der Waals surface area (Å²) in [5.41, 5.74) is 2.70. The Morgan fingerprint density at radius 1 is 1.19 bits per heavy atom. The third-order valence-electron chi connectivity index (χ3n) is 4.09. The Morgan fingerprint density at radius 2 is 1.86 bits per heavy atom. The fourth-order valence-electron chi connectivity index (χ4n) is 2.70. The molecule has 0 radical (unpaired) electrons. The lowest BCUT2D eigenvalue weighted by atomic mass is 10.0. The Hall–Kier alpha value is -1.13. The highest BCUT2D eigenvalue weighted by atomic mass is 15.3. The Labute approximate surface area is 129 Å². The van der Waals surface area contributed by atoms with Gasteiger partial charge in [-0.1, -0.05) is 13.8 Å². The minimum absolute atomic E-state index is 0.274. The van der Waals surface area contributed by atoms with Crippen molar-refractivity contribution < 1.29 is 0 Å². The van der Waals surface area contributed by atoms with Crippen LogP contribution in [0.3, 0.4) is 0 Å². The number of nitrogens with one attached hydrogen (secondary N) is 1. The van der Waals surface area contributed by atoms with E-state index in [-0.39, 0.29) is 5.54 Å². The van der Waals surface area contributed by atoms with Crippen molar-refractivity contribution in [2.24, 2.45) is 0 Å². The van der Waals surface area contributed by atoms with Gasteiger partial charge in [0, 0.05) is 56.2 Å². The highest BCUT2D eigenvalue weighted by Crippen LogP contribution is 2.21. The first-order chi connectivity index (χ1) is 9.86. The van der Waals surface area contributed by atoms with Crippen molar-refractivity contribution in [2.75, 3.05) is 31.1 Å². The summed E-state index contributed by atoms with van der Waals surface area (Å²) in [4.78, 5) is 9.50. The maximum atomic E-state index is 4.46. The average Bonchev–Trinajstić information content (AvgIpc) is 2.45. The molecule has 118 valence electrons. The number of hydrogen-bond acceptors (Lipinski definition) is 4. The monoisotopic (exact) mass is 290 g/mol. The zero-order chi connectivity index (χ0) is 15.5. The SMILES string of the molecule is CC(C)NCc1cc(N2CCN(C(C)(C)C)CC2)ccn1. The first-order valence-corrected chi connectivity index (χ1v) is 8.04. The Morgan fingerprint density at radius 3 is 2.43 bits per heavy atom. The molecular formula is C17H30N4. The average molecular weight is 290 g/mol. The lowest BCUT2D eigenvalue weighted by Crippen LogP contribution is -2.53. The maximum Gasteiger partial charge on any atom is 0.0562 e. The Bertz CT molecular complexity index is 442. The van der Waals surface area contributed by atoms with Crippen molar-refractivity contribution >= 4 is 5.69 Å². The van der Waals surface area contributed by atoms with Crippen LogP contribution in [-0.4, -0.2) is 47.6 Å². The van der Waals surface area contributed by atoms with E-state index in [1.54, 1.807) is 0 Å². The molecule has 1 aliphatic heterocycles. The van der Waals surface area contributed by atoms with Crippen molar-refractivity contribution in [3.8, 4) is 0 Å². The Kier molecular flexibility index (Phi) is 5.22. The van der Waals surface area contributed by atoms with Gasteiger partial charge in [-0.15, -0.1) is 0 Å². The number of nitrogens with zero attached hydrogens (tertiary/aromatic N) is 3. The molecule has 1 aromatic rings. The molecule has 1 saturated heterocycles. The van der Waals surface area contributed by atoms with Crippen molar-refractivity contribution in [1.29, 1.82) is 0 Å². The molecule has 0 atom stereocenters. The summed E-state index contributed by atoms with van der Waals surface area (Å²) in [6.45, 7) is 16.5. The van der Waals surface area contributed by atoms with E-state index in [4.69, 9.17) is 0 Å². The first-order valence-electron chi connectivity index (χ1n) is 8.04. The summed E-state index contributed by atoms with van der Waals surface area (Å²) in [5.74, 6) is 0. The summed E-state index contributed by atoms with van der Waals surface area (Å²) >= 11 is 0. The summed E-state index contributed by atoms with van der Waals surface area (Å²) in [5, 5.41) is 3.43. The quantitative estimate of drug-likeness (QED) is 0.923. The molecule has 1 fully saturated rings. The highest BCUT2D eigenvalue weighted by molar-refractivity contribution is 5.47. The van der Waals surface area contributed by atoms with Crippen LogP contribution in [0, 0.1) is 0 Å². The van der Waals surface area contributed by atoms with Crippen LogP contribution in [0.15, 0.2) is 18.3 Å². The van der Waals surface area contributed by atoms with Crippen LogP contribution in [0.1, 0.15) is 40.3 Å². The van der Waals surface area contributed by atoms with Crippen molar-refractivity contribution in [3.05, 3.63) is 24.0 Å². The largest absolute Gasteiger partial charge is 0.369 e. The number of piperazine rings is 1. The van der Waals surface area contributed by atoms with Gasteiger partial charge in [0.1, 0.15) is 0 Å². The molecule has 1 aromatic heterocycles. The second kappa shape index (κ2) is 6.75. The van der Waals surface area contributed by atoms with Gasteiger partial charge in [-0.25, -0.2) is 0 Å². The molecular weight excluding hydrogens is 260 g/mol. The zero-order valence-electron chi connectivity index (χ0n) is 14.2. The highest BCUT2D eigenvalue weighted by Gasteiger charge is 2.25. The van der Waals surface area contributed by atoms with Crippen molar-refractivity contribution in [1.82, 2.24) is 15.2 Å². The molecule has 0 saturated carbocycles. The second-order valence-electron chi connectivity index (χ2n) is 7.19. The molecule has 0 aromatic carbocycles. The van der Waals surface area contributed by atoms with Crippen LogP contribution in [0.4, 0.5) is 5.69 Å². The minimum atomic E-state index is 0.274. The molecule has 2 rings (SSSR count). The molecule has 0 bridgehead atoms. The number of anilines is 1. The summed E-state index contributed by atoms with van der Waals surface area (Å²) in [7, 11) is 0. The van der Waals surface area contributed by atoms with Gasteiger partial charge in [-0.05, 0) is 32.9 Å². The number of hydrogen-bond donors (Lipinski definition) is 1. The van der Waals surface area contributed by atoms with Crippen LogP contribution in [0.5, 0.6) is 0 Å². The zero-order valence-corrected chi connectivity index (χ0v) is 14.2. The molecule has 4 nitrogen and oxygen atoms in total. The topological polar surface area (TPSA) is 31.4 Å². The van der Waals surface area contributed by atoms with Crippen LogP contribution in [0.2, 0.25) is 0 Å². The van der Waals surface area contributed by atoms with Gasteiger partial charge >= 0.3 is 0 Å². The molecule has 1 N–H and O–H groups in total. The van der Waals surface area contributed by atoms with Crippen molar-refractivity contribution in [3.63, 3.8) is 0 Å². The molecule has 2 heterocycles. The molecule has 0 spiro atoms. The first kappa shape index (κ1) is 16.2. The molecule has 0 unspecified atom stereocenters. The van der Waals surface area contributed by atoms with E-state index in [0.717, 1.165) is 38.4 Å². The summed E-state index contributed by atoms with van der Waals surface area (Å²) in [6.07, 6.45) is 1.93. The van der Waals surface area contributed by atoms with Gasteiger partial charge in [-0.3, -0.25) is 9.88 Å². The standard InChI is InChI=1S/C17H30N4/c1-14(2)19-13-15-12-16(6-7-18-15)20-8-10-21(11-9-20)17(3,4)5/h6-7,12,14,19H,8-11,13H2,1-5H3. The van der Waals surface area contributed by atoms with E-state index in [1.807, 2.05) is 6.20 Å². The van der Waals surface area contributed by atoms with Gasteiger partial charge in [0.15, 0.2) is 0 Å². The molecule has 1 aliphatic rings. The predicted octanol–water partition coefficient (Wildman–Crippen LogP) is 2.50. The van der Waals surface area contributed by atoms with Gasteiger partial charge in [0.05, 0.1) is 5.69 Å². The van der Waals surface area contributed by atoms with Crippen LogP contribution >= 0.6 is 0 Å². The third-order valence-corrected chi connectivity index (χ3v) is 4.09. The normalized spacial score (nSPS) is 17.5. The van der Waals surface area contributed by atoms with Gasteiger partial charge in [-0.2, -0.15) is 0 Å². The smallest absolute Gasteiger partial charge is 0.0562 e. The summed E-state index contributed by atoms with van der Waals surface area (Å²) < 4.78 is 0. The van der Waals surface area contributed by atoms with Crippen LogP contribution in [0.25, 0.3) is 0 Å². The minimum Gasteiger partial charge on any atom is -0.369 e. The van der Waals surface area contributed by atoms with Crippen LogP contribution < -0.4 is 10.2 Å². The van der Waals surface area contributed by atoms with E-state index in [9.17, 15) is 0 Å². The maximum absolute atomic E-state index is 4.46. The van der Waals surface area contributed by atoms with E-state index in [2.05, 4.69) is 66.9 Å². The molecule has 0 amide bonds. The van der Waals surface area contributed by atoms with Gasteiger partial charge in [0.25, 0.3) is 0 Å². The molecule has 21 heavy (non-hydrogen) atoms.